The maximum absolute atomic E-state index is 4.92. The fourth-order valence-electron chi connectivity index (χ4n) is 6.16. The molecule has 0 aliphatic carbocycles. The smallest absolute Gasteiger partial charge is 0.0792 e. The molecule has 0 saturated heterocycles. The molecule has 186 valence electrons. The summed E-state index contributed by atoms with van der Waals surface area (Å²) in [7, 11) is 0. The Morgan fingerprint density at radius 3 is 1.60 bits per heavy atom. The van der Waals surface area contributed by atoms with E-state index in [1.54, 1.807) is 0 Å². The van der Waals surface area contributed by atoms with Gasteiger partial charge in [0.05, 0.1) is 5.52 Å². The van der Waals surface area contributed by atoms with E-state index in [4.69, 9.17) is 4.98 Å². The van der Waals surface area contributed by atoms with Crippen molar-refractivity contribution in [1.29, 1.82) is 0 Å². The van der Waals surface area contributed by atoms with Gasteiger partial charge in [0.25, 0.3) is 0 Å². The number of benzene rings is 7. The molecule has 0 spiro atoms. The number of nitrogens with zero attached hydrogens (tertiary/aromatic N) is 1. The van der Waals surface area contributed by atoms with Crippen LogP contribution in [0.1, 0.15) is 0 Å². The van der Waals surface area contributed by atoms with Crippen molar-refractivity contribution in [1.82, 2.24) is 4.98 Å². The Morgan fingerprint density at radius 1 is 0.325 bits per heavy atom. The molecule has 0 unspecified atom stereocenters. The van der Waals surface area contributed by atoms with Gasteiger partial charge in [-0.1, -0.05) is 121 Å². The minimum absolute atomic E-state index is 1.04. The first kappa shape index (κ1) is 22.7. The number of pyridine rings is 1. The van der Waals surface area contributed by atoms with E-state index in [0.29, 0.717) is 0 Å². The standard InChI is InChI=1S/C39H25N/c1-2-10-27(11-3-1)38-35-14-7-6-13-34(35)37(36-15-8-22-40-39(36)38)33-21-20-31-24-30(18-19-32(31)25-33)29-17-16-26-9-4-5-12-28(26)23-29/h1-25H. The van der Waals surface area contributed by atoms with Gasteiger partial charge in [0, 0.05) is 17.1 Å². The molecular formula is C39H25N. The van der Waals surface area contributed by atoms with E-state index in [0.717, 1.165) is 5.52 Å². The van der Waals surface area contributed by atoms with Gasteiger partial charge >= 0.3 is 0 Å². The van der Waals surface area contributed by atoms with Gasteiger partial charge < -0.3 is 0 Å². The predicted molar refractivity (Wildman–Crippen MR) is 171 cm³/mol. The zero-order valence-electron chi connectivity index (χ0n) is 21.9. The predicted octanol–water partition coefficient (Wildman–Crippen LogP) is 10.7. The van der Waals surface area contributed by atoms with Crippen LogP contribution in [0.25, 0.3) is 76.6 Å². The number of hydrogen-bond acceptors (Lipinski definition) is 1. The molecule has 0 saturated carbocycles. The van der Waals surface area contributed by atoms with Crippen molar-refractivity contribution in [2.24, 2.45) is 0 Å². The Kier molecular flexibility index (Phi) is 5.21. The van der Waals surface area contributed by atoms with E-state index in [2.05, 4.69) is 140 Å². The second-order valence-electron chi connectivity index (χ2n) is 10.4. The molecule has 8 rings (SSSR count). The molecule has 1 heterocycles. The third-order valence-corrected chi connectivity index (χ3v) is 8.05. The third kappa shape index (κ3) is 3.67. The molecule has 0 N–H and O–H groups in total. The molecule has 0 aliphatic rings. The van der Waals surface area contributed by atoms with Gasteiger partial charge in [-0.3, -0.25) is 4.98 Å². The average molecular weight is 508 g/mol. The van der Waals surface area contributed by atoms with Gasteiger partial charge in [-0.25, -0.2) is 0 Å². The largest absolute Gasteiger partial charge is 0.256 e. The van der Waals surface area contributed by atoms with Crippen LogP contribution in [-0.4, -0.2) is 4.98 Å². The molecule has 1 heteroatoms. The Balaban J connectivity index is 1.32. The van der Waals surface area contributed by atoms with E-state index >= 15 is 0 Å². The van der Waals surface area contributed by atoms with Crippen LogP contribution in [0.5, 0.6) is 0 Å². The first-order valence-corrected chi connectivity index (χ1v) is 13.7. The summed E-state index contributed by atoms with van der Waals surface area (Å²) in [5, 5.41) is 8.64. The van der Waals surface area contributed by atoms with Crippen LogP contribution in [0.4, 0.5) is 0 Å². The van der Waals surface area contributed by atoms with Crippen LogP contribution in [-0.2, 0) is 0 Å². The highest BCUT2D eigenvalue weighted by molar-refractivity contribution is 6.20. The summed E-state index contributed by atoms with van der Waals surface area (Å²) in [6.45, 7) is 0. The van der Waals surface area contributed by atoms with Gasteiger partial charge in [-0.2, -0.15) is 0 Å². The zero-order chi connectivity index (χ0) is 26.5. The molecule has 0 aliphatic heterocycles. The molecule has 0 radical (unpaired) electrons. The highest BCUT2D eigenvalue weighted by Crippen LogP contribution is 2.43. The molecule has 0 fully saturated rings. The normalized spacial score (nSPS) is 11.5. The van der Waals surface area contributed by atoms with Crippen LogP contribution in [0.15, 0.2) is 152 Å². The second-order valence-corrected chi connectivity index (χ2v) is 10.4. The van der Waals surface area contributed by atoms with Crippen molar-refractivity contribution in [3.8, 4) is 33.4 Å². The average Bonchev–Trinajstić information content (AvgIpc) is 3.03. The first-order valence-electron chi connectivity index (χ1n) is 13.7. The third-order valence-electron chi connectivity index (χ3n) is 8.05. The van der Waals surface area contributed by atoms with Gasteiger partial charge in [-0.15, -0.1) is 0 Å². The van der Waals surface area contributed by atoms with E-state index in [9.17, 15) is 0 Å². The Hall–Kier alpha value is -5.27. The summed E-state index contributed by atoms with van der Waals surface area (Å²) in [5.74, 6) is 0. The topological polar surface area (TPSA) is 12.9 Å². The van der Waals surface area contributed by atoms with Crippen LogP contribution in [0, 0.1) is 0 Å². The SMILES string of the molecule is c1ccc(-c2c3ccccc3c(-c3ccc4cc(-c5ccc6ccccc6c5)ccc4c3)c3cccnc23)cc1. The van der Waals surface area contributed by atoms with Crippen molar-refractivity contribution in [2.45, 2.75) is 0 Å². The van der Waals surface area contributed by atoms with Gasteiger partial charge in [-0.05, 0) is 84.4 Å². The van der Waals surface area contributed by atoms with E-state index < -0.39 is 0 Å². The molecule has 8 aromatic rings. The lowest BCUT2D eigenvalue weighted by molar-refractivity contribution is 1.42. The number of hydrogen-bond donors (Lipinski definition) is 0. The molecule has 7 aromatic carbocycles. The van der Waals surface area contributed by atoms with E-state index in [1.807, 2.05) is 12.3 Å². The first-order chi connectivity index (χ1) is 19.8. The second kappa shape index (κ2) is 9.18. The highest BCUT2D eigenvalue weighted by Gasteiger charge is 2.17. The maximum atomic E-state index is 4.92. The summed E-state index contributed by atoms with van der Waals surface area (Å²) in [5.41, 5.74) is 8.33. The fraction of sp³-hybridized carbons (Fsp3) is 0. The minimum Gasteiger partial charge on any atom is -0.256 e. The Morgan fingerprint density at radius 2 is 0.850 bits per heavy atom. The Labute approximate surface area is 233 Å². The van der Waals surface area contributed by atoms with Crippen LogP contribution in [0.3, 0.4) is 0 Å². The number of rotatable bonds is 3. The molecule has 0 atom stereocenters. The van der Waals surface area contributed by atoms with Gasteiger partial charge in [0.15, 0.2) is 0 Å². The summed E-state index contributed by atoms with van der Waals surface area (Å²) < 4.78 is 0. The van der Waals surface area contributed by atoms with Crippen molar-refractivity contribution < 1.29 is 0 Å². The quantitative estimate of drug-likeness (QED) is 0.217. The molecule has 0 bridgehead atoms. The van der Waals surface area contributed by atoms with Crippen molar-refractivity contribution in [2.75, 3.05) is 0 Å². The molecule has 1 aromatic heterocycles. The lowest BCUT2D eigenvalue weighted by Crippen LogP contribution is -1.92. The van der Waals surface area contributed by atoms with Gasteiger partial charge in [0.2, 0.25) is 0 Å². The molecule has 1 nitrogen and oxygen atoms in total. The maximum Gasteiger partial charge on any atom is 0.0792 e. The lowest BCUT2D eigenvalue weighted by Gasteiger charge is -2.17. The van der Waals surface area contributed by atoms with Crippen LogP contribution in [0.2, 0.25) is 0 Å². The number of fused-ring (bicyclic) bond motifs is 4. The summed E-state index contributed by atoms with van der Waals surface area (Å²) in [4.78, 5) is 4.92. The molecule has 40 heavy (non-hydrogen) atoms. The summed E-state index contributed by atoms with van der Waals surface area (Å²) in [6.07, 6.45) is 1.90. The lowest BCUT2D eigenvalue weighted by atomic mass is 9.87. The minimum atomic E-state index is 1.04. The van der Waals surface area contributed by atoms with Crippen molar-refractivity contribution >= 4 is 43.2 Å². The van der Waals surface area contributed by atoms with Gasteiger partial charge in [0.1, 0.15) is 0 Å². The fourth-order valence-corrected chi connectivity index (χ4v) is 6.16. The number of aromatic nitrogens is 1. The summed E-state index contributed by atoms with van der Waals surface area (Å²) >= 11 is 0. The molecular weight excluding hydrogens is 482 g/mol. The monoisotopic (exact) mass is 507 g/mol. The van der Waals surface area contributed by atoms with E-state index in [-0.39, 0.29) is 0 Å². The van der Waals surface area contributed by atoms with Crippen LogP contribution >= 0.6 is 0 Å². The highest BCUT2D eigenvalue weighted by atomic mass is 14.7. The van der Waals surface area contributed by atoms with Crippen molar-refractivity contribution in [3.63, 3.8) is 0 Å². The zero-order valence-corrected chi connectivity index (χ0v) is 21.9. The molecule has 0 amide bonds. The van der Waals surface area contributed by atoms with E-state index in [1.165, 1.54) is 71.1 Å². The Bertz CT molecular complexity index is 2150. The summed E-state index contributed by atoms with van der Waals surface area (Å²) in [6, 6.07) is 52.5. The van der Waals surface area contributed by atoms with Crippen LogP contribution < -0.4 is 0 Å². The van der Waals surface area contributed by atoms with Crippen molar-refractivity contribution in [3.05, 3.63) is 152 Å².